The molecule has 7 heteroatoms. The maximum atomic E-state index is 13.0. The van der Waals surface area contributed by atoms with Crippen molar-refractivity contribution in [2.75, 3.05) is 5.32 Å². The van der Waals surface area contributed by atoms with Crippen LogP contribution in [-0.2, 0) is 0 Å². The molecule has 1 N–H and O–H groups in total. The van der Waals surface area contributed by atoms with Crippen LogP contribution in [0.4, 0.5) is 5.82 Å². The molecule has 3 heterocycles. The second-order valence-electron chi connectivity index (χ2n) is 6.71. The molecule has 0 saturated heterocycles. The fourth-order valence-electron chi connectivity index (χ4n) is 3.21. The van der Waals surface area contributed by atoms with Gasteiger partial charge < -0.3 is 5.32 Å². The molecule has 0 bridgehead atoms. The second kappa shape index (κ2) is 5.88. The lowest BCUT2D eigenvalue weighted by Crippen LogP contribution is -2.27. The van der Waals surface area contributed by atoms with Gasteiger partial charge in [-0.15, -0.1) is 11.3 Å². The van der Waals surface area contributed by atoms with E-state index >= 15 is 0 Å². The van der Waals surface area contributed by atoms with Crippen LogP contribution >= 0.6 is 11.3 Å². The van der Waals surface area contributed by atoms with Gasteiger partial charge in [0, 0.05) is 6.04 Å². The molecule has 1 aliphatic carbocycles. The van der Waals surface area contributed by atoms with Crippen molar-refractivity contribution in [3.05, 3.63) is 52.8 Å². The average Bonchev–Trinajstić information content (AvgIpc) is 3.00. The Bertz CT molecular complexity index is 1170. The number of hydrogen-bond acceptors (Lipinski definition) is 6. The number of anilines is 1. The SMILES string of the molecule is Cc1ccc(-n2cnc3c(sc4ncnc(NC5CCC5)c43)c2=O)cc1. The zero-order chi connectivity index (χ0) is 17.7. The minimum atomic E-state index is -0.0727. The minimum absolute atomic E-state index is 0.0727. The fraction of sp³-hybridized carbons (Fsp3) is 0.263. The van der Waals surface area contributed by atoms with E-state index in [-0.39, 0.29) is 5.56 Å². The topological polar surface area (TPSA) is 72.7 Å². The lowest BCUT2D eigenvalue weighted by Gasteiger charge is -2.27. The molecule has 3 aromatic heterocycles. The highest BCUT2D eigenvalue weighted by Gasteiger charge is 2.21. The van der Waals surface area contributed by atoms with E-state index < -0.39 is 0 Å². The normalized spacial score (nSPS) is 14.7. The molecule has 0 atom stereocenters. The molecule has 0 amide bonds. The Morgan fingerprint density at radius 1 is 1.15 bits per heavy atom. The van der Waals surface area contributed by atoms with Gasteiger partial charge in [0.15, 0.2) is 0 Å². The largest absolute Gasteiger partial charge is 0.367 e. The zero-order valence-corrected chi connectivity index (χ0v) is 15.1. The van der Waals surface area contributed by atoms with Gasteiger partial charge in [0.25, 0.3) is 5.56 Å². The van der Waals surface area contributed by atoms with Gasteiger partial charge in [-0.1, -0.05) is 17.7 Å². The molecule has 0 aliphatic heterocycles. The lowest BCUT2D eigenvalue weighted by atomic mass is 9.93. The van der Waals surface area contributed by atoms with Crippen LogP contribution in [0.1, 0.15) is 24.8 Å². The number of fused-ring (bicyclic) bond motifs is 3. The summed E-state index contributed by atoms with van der Waals surface area (Å²) in [6, 6.07) is 8.30. The van der Waals surface area contributed by atoms with E-state index in [1.807, 2.05) is 31.2 Å². The number of aryl methyl sites for hydroxylation is 1. The molecule has 0 unspecified atom stereocenters. The van der Waals surface area contributed by atoms with Crippen LogP contribution in [0.25, 0.3) is 26.1 Å². The van der Waals surface area contributed by atoms with Crippen molar-refractivity contribution in [1.29, 1.82) is 0 Å². The first kappa shape index (κ1) is 15.5. The van der Waals surface area contributed by atoms with Crippen molar-refractivity contribution in [1.82, 2.24) is 19.5 Å². The van der Waals surface area contributed by atoms with Crippen molar-refractivity contribution in [2.45, 2.75) is 32.2 Å². The summed E-state index contributed by atoms with van der Waals surface area (Å²) in [6.07, 6.45) is 6.71. The number of rotatable bonds is 3. The number of nitrogens with zero attached hydrogens (tertiary/aromatic N) is 4. The van der Waals surface area contributed by atoms with E-state index in [1.165, 1.54) is 17.8 Å². The molecule has 6 nitrogen and oxygen atoms in total. The lowest BCUT2D eigenvalue weighted by molar-refractivity contribution is 0.445. The van der Waals surface area contributed by atoms with Gasteiger partial charge in [-0.3, -0.25) is 9.36 Å². The van der Waals surface area contributed by atoms with E-state index in [2.05, 4.69) is 20.3 Å². The number of hydrogen-bond donors (Lipinski definition) is 1. The molecule has 0 radical (unpaired) electrons. The highest BCUT2D eigenvalue weighted by molar-refractivity contribution is 7.25. The van der Waals surface area contributed by atoms with Gasteiger partial charge in [-0.25, -0.2) is 15.0 Å². The van der Waals surface area contributed by atoms with Crippen LogP contribution in [0.5, 0.6) is 0 Å². The summed E-state index contributed by atoms with van der Waals surface area (Å²) in [6.45, 7) is 2.02. The molecular weight excluding hydrogens is 346 g/mol. The number of benzene rings is 1. The Morgan fingerprint density at radius 3 is 2.69 bits per heavy atom. The van der Waals surface area contributed by atoms with Crippen LogP contribution in [0.2, 0.25) is 0 Å². The molecular formula is C19H17N5OS. The van der Waals surface area contributed by atoms with Crippen molar-refractivity contribution in [3.63, 3.8) is 0 Å². The Kier molecular flexibility index (Phi) is 3.49. The van der Waals surface area contributed by atoms with Gasteiger partial charge in [0.1, 0.15) is 33.5 Å². The summed E-state index contributed by atoms with van der Waals surface area (Å²) in [7, 11) is 0. The highest BCUT2D eigenvalue weighted by atomic mass is 32.1. The maximum Gasteiger partial charge on any atom is 0.275 e. The van der Waals surface area contributed by atoms with Gasteiger partial charge in [0.05, 0.1) is 11.1 Å². The van der Waals surface area contributed by atoms with Crippen LogP contribution in [0.3, 0.4) is 0 Å². The molecule has 26 heavy (non-hydrogen) atoms. The molecule has 1 aromatic carbocycles. The third-order valence-corrected chi connectivity index (χ3v) is 6.01. The van der Waals surface area contributed by atoms with Crippen molar-refractivity contribution < 1.29 is 0 Å². The van der Waals surface area contributed by atoms with Gasteiger partial charge in [-0.05, 0) is 38.3 Å². The standard InChI is InChI=1S/C19H17N5OS/c1-11-5-7-13(8-6-11)24-10-22-15-14-17(23-12-3-2-4-12)20-9-21-18(14)26-16(15)19(24)25/h5-10,12H,2-4H2,1H3,(H,20,21,23). The van der Waals surface area contributed by atoms with E-state index in [9.17, 15) is 4.79 Å². The van der Waals surface area contributed by atoms with Gasteiger partial charge >= 0.3 is 0 Å². The third kappa shape index (κ3) is 2.39. The van der Waals surface area contributed by atoms with Gasteiger partial charge in [-0.2, -0.15) is 0 Å². The quantitative estimate of drug-likeness (QED) is 0.601. The summed E-state index contributed by atoms with van der Waals surface area (Å²) in [5.74, 6) is 0.783. The van der Waals surface area contributed by atoms with Crippen molar-refractivity contribution in [2.24, 2.45) is 0 Å². The Morgan fingerprint density at radius 2 is 1.96 bits per heavy atom. The average molecular weight is 363 g/mol. The molecule has 0 spiro atoms. The summed E-state index contributed by atoms with van der Waals surface area (Å²) < 4.78 is 2.20. The number of thiophene rings is 1. The summed E-state index contributed by atoms with van der Waals surface area (Å²) in [4.78, 5) is 27.2. The molecule has 1 aliphatic rings. The van der Waals surface area contributed by atoms with Crippen molar-refractivity contribution in [3.8, 4) is 5.69 Å². The van der Waals surface area contributed by atoms with Crippen molar-refractivity contribution >= 4 is 37.6 Å². The van der Waals surface area contributed by atoms with Crippen LogP contribution in [0.15, 0.2) is 41.7 Å². The predicted octanol–water partition coefficient (Wildman–Crippen LogP) is 3.66. The van der Waals surface area contributed by atoms with E-state index in [4.69, 9.17) is 0 Å². The first-order valence-electron chi connectivity index (χ1n) is 8.69. The van der Waals surface area contributed by atoms with Gasteiger partial charge in [0.2, 0.25) is 0 Å². The monoisotopic (exact) mass is 363 g/mol. The number of aromatic nitrogens is 4. The van der Waals surface area contributed by atoms with Crippen LogP contribution in [-0.4, -0.2) is 25.6 Å². The molecule has 1 saturated carbocycles. The maximum absolute atomic E-state index is 13.0. The molecule has 4 aromatic rings. The molecule has 130 valence electrons. The molecule has 1 fully saturated rings. The minimum Gasteiger partial charge on any atom is -0.367 e. The first-order valence-corrected chi connectivity index (χ1v) is 9.51. The van der Waals surface area contributed by atoms with E-state index in [0.717, 1.165) is 40.1 Å². The summed E-state index contributed by atoms with van der Waals surface area (Å²) >= 11 is 1.38. The van der Waals surface area contributed by atoms with Crippen LogP contribution < -0.4 is 10.9 Å². The number of nitrogens with one attached hydrogen (secondary N) is 1. The Hall–Kier alpha value is -2.80. The van der Waals surface area contributed by atoms with E-state index in [0.29, 0.717) is 16.3 Å². The van der Waals surface area contributed by atoms with E-state index in [1.54, 1.807) is 17.2 Å². The summed E-state index contributed by atoms with van der Waals surface area (Å²) in [5.41, 5.74) is 2.57. The zero-order valence-electron chi connectivity index (χ0n) is 14.3. The highest BCUT2D eigenvalue weighted by Crippen LogP contribution is 2.34. The fourth-order valence-corrected chi connectivity index (χ4v) is 4.23. The summed E-state index contributed by atoms with van der Waals surface area (Å²) in [5, 5.41) is 4.33. The molecule has 5 rings (SSSR count). The Labute approximate surface area is 153 Å². The Balaban J connectivity index is 1.70. The predicted molar refractivity (Wildman–Crippen MR) is 104 cm³/mol. The van der Waals surface area contributed by atoms with Crippen LogP contribution in [0, 0.1) is 6.92 Å². The smallest absolute Gasteiger partial charge is 0.275 e. The second-order valence-corrected chi connectivity index (χ2v) is 7.71. The first-order chi connectivity index (χ1) is 12.7. The third-order valence-electron chi connectivity index (χ3n) is 4.94.